The standard InChI is InChI=1S/C14H27NO4/c1-7-18-12(16)11(8-10(2)3)15-13(17)19-9-14(4,5)6/h10-11H,7-9H2,1-6H3,(H,15,17). The first-order valence-electron chi connectivity index (χ1n) is 6.75. The fourth-order valence-corrected chi connectivity index (χ4v) is 1.39. The van der Waals surface area contributed by atoms with Crippen molar-refractivity contribution in [2.24, 2.45) is 11.3 Å². The van der Waals surface area contributed by atoms with Gasteiger partial charge in [0.15, 0.2) is 0 Å². The molecule has 0 radical (unpaired) electrons. The summed E-state index contributed by atoms with van der Waals surface area (Å²) < 4.78 is 10.0. The molecule has 1 atom stereocenters. The van der Waals surface area contributed by atoms with Gasteiger partial charge in [0, 0.05) is 0 Å². The molecule has 19 heavy (non-hydrogen) atoms. The molecule has 0 bridgehead atoms. The summed E-state index contributed by atoms with van der Waals surface area (Å²) in [5, 5.41) is 2.57. The zero-order chi connectivity index (χ0) is 15.1. The van der Waals surface area contributed by atoms with Crippen molar-refractivity contribution in [2.45, 2.75) is 54.0 Å². The second kappa shape index (κ2) is 8.02. The van der Waals surface area contributed by atoms with E-state index in [0.29, 0.717) is 19.6 Å². The quantitative estimate of drug-likeness (QED) is 0.756. The molecular weight excluding hydrogens is 246 g/mol. The Balaban J connectivity index is 4.38. The molecule has 5 nitrogen and oxygen atoms in total. The Hall–Kier alpha value is -1.26. The molecule has 1 unspecified atom stereocenters. The molecule has 0 spiro atoms. The number of amides is 1. The van der Waals surface area contributed by atoms with E-state index in [1.54, 1.807) is 6.92 Å². The third-order valence-corrected chi connectivity index (χ3v) is 2.21. The monoisotopic (exact) mass is 273 g/mol. The summed E-state index contributed by atoms with van der Waals surface area (Å²) in [5.74, 6) is -0.138. The Morgan fingerprint density at radius 2 is 1.74 bits per heavy atom. The summed E-state index contributed by atoms with van der Waals surface area (Å²) in [6, 6.07) is -0.646. The largest absolute Gasteiger partial charge is 0.464 e. The number of alkyl carbamates (subject to hydrolysis) is 1. The van der Waals surface area contributed by atoms with Gasteiger partial charge in [-0.25, -0.2) is 9.59 Å². The van der Waals surface area contributed by atoms with E-state index in [4.69, 9.17) is 9.47 Å². The Bertz CT molecular complexity index is 294. The molecule has 1 N–H and O–H groups in total. The molecule has 1 amide bonds. The third-order valence-electron chi connectivity index (χ3n) is 2.21. The second-order valence-corrected chi connectivity index (χ2v) is 6.22. The summed E-state index contributed by atoms with van der Waals surface area (Å²) in [4.78, 5) is 23.4. The van der Waals surface area contributed by atoms with E-state index in [1.165, 1.54) is 0 Å². The number of carbonyl (C=O) groups excluding carboxylic acids is 2. The van der Waals surface area contributed by atoms with Gasteiger partial charge >= 0.3 is 12.1 Å². The SMILES string of the molecule is CCOC(=O)C(CC(C)C)NC(=O)OCC(C)(C)C. The Kier molecular flexibility index (Phi) is 7.49. The average Bonchev–Trinajstić information content (AvgIpc) is 2.24. The molecule has 0 heterocycles. The van der Waals surface area contributed by atoms with E-state index in [9.17, 15) is 9.59 Å². The predicted molar refractivity (Wildman–Crippen MR) is 73.8 cm³/mol. The van der Waals surface area contributed by atoms with Crippen LogP contribution in [0.2, 0.25) is 0 Å². The molecule has 0 aliphatic rings. The molecular formula is C14H27NO4. The highest BCUT2D eigenvalue weighted by Gasteiger charge is 2.24. The highest BCUT2D eigenvalue weighted by atomic mass is 16.6. The number of nitrogens with one attached hydrogen (secondary N) is 1. The van der Waals surface area contributed by atoms with Crippen molar-refractivity contribution in [1.29, 1.82) is 0 Å². The van der Waals surface area contributed by atoms with Crippen molar-refractivity contribution in [3.05, 3.63) is 0 Å². The van der Waals surface area contributed by atoms with Crippen molar-refractivity contribution in [3.63, 3.8) is 0 Å². The maximum atomic E-state index is 11.7. The first kappa shape index (κ1) is 17.7. The van der Waals surface area contributed by atoms with E-state index < -0.39 is 18.1 Å². The van der Waals surface area contributed by atoms with Gasteiger partial charge in [0.25, 0.3) is 0 Å². The lowest BCUT2D eigenvalue weighted by atomic mass is 9.99. The van der Waals surface area contributed by atoms with Crippen molar-refractivity contribution >= 4 is 12.1 Å². The molecule has 0 saturated carbocycles. The zero-order valence-electron chi connectivity index (χ0n) is 12.9. The number of hydrogen-bond donors (Lipinski definition) is 1. The van der Waals surface area contributed by atoms with Crippen LogP contribution in [0.1, 0.15) is 48.0 Å². The van der Waals surface area contributed by atoms with Crippen molar-refractivity contribution in [3.8, 4) is 0 Å². The first-order chi connectivity index (χ1) is 8.65. The molecule has 0 saturated heterocycles. The fourth-order valence-electron chi connectivity index (χ4n) is 1.39. The summed E-state index contributed by atoms with van der Waals surface area (Å²) in [6.07, 6.45) is -0.0441. The summed E-state index contributed by atoms with van der Waals surface area (Å²) >= 11 is 0. The molecule has 0 aromatic carbocycles. The van der Waals surface area contributed by atoms with Crippen LogP contribution in [0.25, 0.3) is 0 Å². The Morgan fingerprint density at radius 3 is 2.16 bits per heavy atom. The van der Waals surface area contributed by atoms with Gasteiger partial charge in [-0.2, -0.15) is 0 Å². The van der Waals surface area contributed by atoms with Crippen LogP contribution >= 0.6 is 0 Å². The van der Waals surface area contributed by atoms with Crippen molar-refractivity contribution < 1.29 is 19.1 Å². The van der Waals surface area contributed by atoms with E-state index in [0.717, 1.165) is 0 Å². The molecule has 0 aromatic rings. The minimum atomic E-state index is -0.646. The number of carbonyl (C=O) groups is 2. The summed E-state index contributed by atoms with van der Waals surface area (Å²) in [7, 11) is 0. The van der Waals surface area contributed by atoms with Crippen LogP contribution in [-0.2, 0) is 14.3 Å². The maximum absolute atomic E-state index is 11.7. The smallest absolute Gasteiger partial charge is 0.407 e. The molecule has 0 aliphatic heterocycles. The number of hydrogen-bond acceptors (Lipinski definition) is 4. The second-order valence-electron chi connectivity index (χ2n) is 6.22. The van der Waals surface area contributed by atoms with E-state index in [-0.39, 0.29) is 11.3 Å². The zero-order valence-corrected chi connectivity index (χ0v) is 12.9. The fraction of sp³-hybridized carbons (Fsp3) is 0.857. The van der Waals surface area contributed by atoms with E-state index in [1.807, 2.05) is 34.6 Å². The van der Waals surface area contributed by atoms with Gasteiger partial charge < -0.3 is 14.8 Å². The minimum Gasteiger partial charge on any atom is -0.464 e. The van der Waals surface area contributed by atoms with Gasteiger partial charge in [0.1, 0.15) is 6.04 Å². The lowest BCUT2D eigenvalue weighted by molar-refractivity contribution is -0.146. The lowest BCUT2D eigenvalue weighted by Crippen LogP contribution is -2.43. The molecule has 5 heteroatoms. The average molecular weight is 273 g/mol. The number of rotatable bonds is 6. The van der Waals surface area contributed by atoms with Gasteiger partial charge in [0.2, 0.25) is 0 Å². The van der Waals surface area contributed by atoms with Crippen LogP contribution in [-0.4, -0.2) is 31.3 Å². The molecule has 0 aliphatic carbocycles. The number of ether oxygens (including phenoxy) is 2. The van der Waals surface area contributed by atoms with Crippen LogP contribution in [0, 0.1) is 11.3 Å². The van der Waals surface area contributed by atoms with Crippen LogP contribution in [0.15, 0.2) is 0 Å². The lowest BCUT2D eigenvalue weighted by Gasteiger charge is -2.21. The van der Waals surface area contributed by atoms with Gasteiger partial charge in [-0.15, -0.1) is 0 Å². The first-order valence-corrected chi connectivity index (χ1v) is 6.75. The van der Waals surface area contributed by atoms with Crippen molar-refractivity contribution in [1.82, 2.24) is 5.32 Å². The molecule has 0 aromatic heterocycles. The van der Waals surface area contributed by atoms with Crippen molar-refractivity contribution in [2.75, 3.05) is 13.2 Å². The normalized spacial score (nSPS) is 13.0. The third kappa shape index (κ3) is 9.33. The van der Waals surface area contributed by atoms with Gasteiger partial charge in [-0.1, -0.05) is 34.6 Å². The highest BCUT2D eigenvalue weighted by Crippen LogP contribution is 2.13. The molecule has 112 valence electrons. The van der Waals surface area contributed by atoms with Crippen LogP contribution in [0.4, 0.5) is 4.79 Å². The Morgan fingerprint density at radius 1 is 1.16 bits per heavy atom. The van der Waals surface area contributed by atoms with Crippen LogP contribution in [0.5, 0.6) is 0 Å². The van der Waals surface area contributed by atoms with E-state index in [2.05, 4.69) is 5.32 Å². The summed E-state index contributed by atoms with van der Waals surface area (Å²) in [6.45, 7) is 12.2. The number of esters is 1. The predicted octanol–water partition coefficient (Wildman–Crippen LogP) is 2.74. The van der Waals surface area contributed by atoms with E-state index >= 15 is 0 Å². The summed E-state index contributed by atoms with van der Waals surface area (Å²) in [5.41, 5.74) is -0.102. The van der Waals surface area contributed by atoms with Gasteiger partial charge in [-0.3, -0.25) is 0 Å². The van der Waals surface area contributed by atoms with Gasteiger partial charge in [-0.05, 0) is 24.7 Å². The molecule has 0 fully saturated rings. The molecule has 0 rings (SSSR count). The van der Waals surface area contributed by atoms with Crippen LogP contribution < -0.4 is 5.32 Å². The maximum Gasteiger partial charge on any atom is 0.407 e. The van der Waals surface area contributed by atoms with Gasteiger partial charge in [0.05, 0.1) is 13.2 Å². The highest BCUT2D eigenvalue weighted by molar-refractivity contribution is 5.81. The topological polar surface area (TPSA) is 64.6 Å². The minimum absolute atomic E-state index is 0.102. The Labute approximate surface area is 116 Å². The van der Waals surface area contributed by atoms with Crippen LogP contribution in [0.3, 0.4) is 0 Å².